The fourth-order valence-corrected chi connectivity index (χ4v) is 2.69. The molecule has 6 heteroatoms. The van der Waals surface area contributed by atoms with E-state index in [0.29, 0.717) is 23.4 Å². The van der Waals surface area contributed by atoms with Crippen molar-refractivity contribution in [3.63, 3.8) is 0 Å². The summed E-state index contributed by atoms with van der Waals surface area (Å²) < 4.78 is 0. The molecule has 0 aliphatic heterocycles. The molecule has 0 saturated heterocycles. The lowest BCUT2D eigenvalue weighted by Gasteiger charge is -2.07. The Bertz CT molecular complexity index is 582. The molecule has 0 spiro atoms. The number of aliphatic carboxylic acids is 1. The van der Waals surface area contributed by atoms with E-state index in [9.17, 15) is 9.59 Å². The maximum Gasteiger partial charge on any atom is 0.303 e. The van der Waals surface area contributed by atoms with Crippen LogP contribution in [0.4, 0.5) is 5.69 Å². The number of oxime groups is 1. The summed E-state index contributed by atoms with van der Waals surface area (Å²) in [4.78, 5) is 22.6. The van der Waals surface area contributed by atoms with E-state index in [1.54, 1.807) is 24.3 Å². The summed E-state index contributed by atoms with van der Waals surface area (Å²) in [7, 11) is 0. The first-order valence-corrected chi connectivity index (χ1v) is 9.39. The fourth-order valence-electron chi connectivity index (χ4n) is 2.69. The third kappa shape index (κ3) is 9.20. The van der Waals surface area contributed by atoms with Crippen molar-refractivity contribution in [1.82, 2.24) is 0 Å². The van der Waals surface area contributed by atoms with Gasteiger partial charge in [0.15, 0.2) is 0 Å². The minimum atomic E-state index is -0.944. The van der Waals surface area contributed by atoms with Crippen molar-refractivity contribution in [1.29, 1.82) is 0 Å². The summed E-state index contributed by atoms with van der Waals surface area (Å²) in [5.74, 6) is -0.950. The smallest absolute Gasteiger partial charge is 0.303 e. The fraction of sp³-hybridized carbons (Fsp3) is 0.550. The maximum absolute atomic E-state index is 12.0. The SMILES string of the molecule is CCCCCCCCCC(=O)Nc1ccc(/C(CCC(=O)O)=N\O)cc1. The number of nitrogens with one attached hydrogen (secondary N) is 1. The van der Waals surface area contributed by atoms with Gasteiger partial charge in [0.25, 0.3) is 0 Å². The Morgan fingerprint density at radius 2 is 1.54 bits per heavy atom. The second-order valence-electron chi connectivity index (χ2n) is 6.44. The first-order chi connectivity index (χ1) is 12.6. The number of carboxylic acid groups (broad SMARTS) is 1. The number of hydrogen-bond acceptors (Lipinski definition) is 4. The third-order valence-electron chi connectivity index (χ3n) is 4.21. The first-order valence-electron chi connectivity index (χ1n) is 9.39. The summed E-state index contributed by atoms with van der Waals surface area (Å²) in [5, 5.41) is 23.7. The van der Waals surface area contributed by atoms with Crippen LogP contribution in [-0.2, 0) is 9.59 Å². The lowest BCUT2D eigenvalue weighted by molar-refractivity contribution is -0.136. The molecule has 0 aliphatic rings. The minimum absolute atomic E-state index is 0.00626. The van der Waals surface area contributed by atoms with E-state index in [1.165, 1.54) is 32.1 Å². The predicted octanol–water partition coefficient (Wildman–Crippen LogP) is 4.81. The zero-order valence-corrected chi connectivity index (χ0v) is 15.5. The summed E-state index contributed by atoms with van der Waals surface area (Å²) >= 11 is 0. The Kier molecular flexibility index (Phi) is 10.8. The number of anilines is 1. The molecule has 1 aromatic carbocycles. The number of carbonyl (C=O) groups excluding carboxylic acids is 1. The van der Waals surface area contributed by atoms with Crippen LogP contribution in [-0.4, -0.2) is 27.9 Å². The molecule has 144 valence electrons. The van der Waals surface area contributed by atoms with Crippen LogP contribution in [0.2, 0.25) is 0 Å². The highest BCUT2D eigenvalue weighted by Gasteiger charge is 2.08. The highest BCUT2D eigenvalue weighted by Crippen LogP contribution is 2.14. The first kappa shape index (κ1) is 21.7. The Balaban J connectivity index is 2.34. The van der Waals surface area contributed by atoms with E-state index in [0.717, 1.165) is 12.8 Å². The van der Waals surface area contributed by atoms with E-state index in [2.05, 4.69) is 17.4 Å². The molecule has 1 rings (SSSR count). The lowest BCUT2D eigenvalue weighted by Crippen LogP contribution is -2.11. The van der Waals surface area contributed by atoms with Crippen molar-refractivity contribution in [2.24, 2.45) is 5.16 Å². The Morgan fingerprint density at radius 1 is 0.923 bits per heavy atom. The number of rotatable bonds is 13. The quantitative estimate of drug-likeness (QED) is 0.203. The van der Waals surface area contributed by atoms with Crippen LogP contribution < -0.4 is 5.32 Å². The highest BCUT2D eigenvalue weighted by molar-refractivity contribution is 6.01. The van der Waals surface area contributed by atoms with Gasteiger partial charge in [0, 0.05) is 18.5 Å². The zero-order chi connectivity index (χ0) is 19.2. The van der Waals surface area contributed by atoms with E-state index in [-0.39, 0.29) is 18.7 Å². The molecule has 0 unspecified atom stereocenters. The largest absolute Gasteiger partial charge is 0.481 e. The Morgan fingerprint density at radius 3 is 2.12 bits per heavy atom. The molecule has 1 aromatic rings. The van der Waals surface area contributed by atoms with Gasteiger partial charge in [-0.2, -0.15) is 0 Å². The molecule has 0 fully saturated rings. The molecule has 26 heavy (non-hydrogen) atoms. The van der Waals surface area contributed by atoms with Crippen LogP contribution in [0.1, 0.15) is 76.7 Å². The average molecular weight is 362 g/mol. The van der Waals surface area contributed by atoms with Crippen molar-refractivity contribution in [3.8, 4) is 0 Å². The molecule has 0 atom stereocenters. The number of carboxylic acids is 1. The average Bonchev–Trinajstić information content (AvgIpc) is 2.62. The standard InChI is InChI=1S/C20H30N2O4/c1-2-3-4-5-6-7-8-9-19(23)21-17-12-10-16(11-13-17)18(22-26)14-15-20(24)25/h10-13,26H,2-9,14-15H2,1H3,(H,21,23)(H,24,25)/b22-18-. The van der Waals surface area contributed by atoms with Gasteiger partial charge in [-0.15, -0.1) is 0 Å². The van der Waals surface area contributed by atoms with Gasteiger partial charge in [-0.25, -0.2) is 0 Å². The van der Waals surface area contributed by atoms with Crippen molar-refractivity contribution < 1.29 is 19.9 Å². The molecule has 1 amide bonds. The van der Waals surface area contributed by atoms with E-state index >= 15 is 0 Å². The molecule has 0 aromatic heterocycles. The molecule has 3 N–H and O–H groups in total. The van der Waals surface area contributed by atoms with Crippen LogP contribution in [0, 0.1) is 0 Å². The van der Waals surface area contributed by atoms with Gasteiger partial charge in [-0.1, -0.05) is 62.7 Å². The van der Waals surface area contributed by atoms with Gasteiger partial charge < -0.3 is 15.6 Å². The van der Waals surface area contributed by atoms with Gasteiger partial charge in [-0.05, 0) is 24.1 Å². The predicted molar refractivity (Wildman–Crippen MR) is 103 cm³/mol. The number of carbonyl (C=O) groups is 2. The van der Waals surface area contributed by atoms with Crippen LogP contribution in [0.25, 0.3) is 0 Å². The summed E-state index contributed by atoms with van der Waals surface area (Å²) in [6.45, 7) is 2.20. The van der Waals surface area contributed by atoms with Gasteiger partial charge in [0.2, 0.25) is 5.91 Å². The number of amides is 1. The second-order valence-corrected chi connectivity index (χ2v) is 6.44. The van der Waals surface area contributed by atoms with Crippen LogP contribution in [0.5, 0.6) is 0 Å². The van der Waals surface area contributed by atoms with E-state index in [4.69, 9.17) is 10.3 Å². The highest BCUT2D eigenvalue weighted by atomic mass is 16.4. The van der Waals surface area contributed by atoms with Gasteiger partial charge in [0.05, 0.1) is 12.1 Å². The molecule has 0 radical (unpaired) electrons. The van der Waals surface area contributed by atoms with Crippen LogP contribution in [0.3, 0.4) is 0 Å². The van der Waals surface area contributed by atoms with Crippen molar-refractivity contribution >= 4 is 23.3 Å². The maximum atomic E-state index is 12.0. The zero-order valence-electron chi connectivity index (χ0n) is 15.5. The minimum Gasteiger partial charge on any atom is -0.481 e. The monoisotopic (exact) mass is 362 g/mol. The van der Waals surface area contributed by atoms with Gasteiger partial charge in [-0.3, -0.25) is 9.59 Å². The third-order valence-corrected chi connectivity index (χ3v) is 4.21. The topological polar surface area (TPSA) is 99.0 Å². The second kappa shape index (κ2) is 12.9. The van der Waals surface area contributed by atoms with E-state index < -0.39 is 5.97 Å². The molecule has 0 heterocycles. The van der Waals surface area contributed by atoms with Gasteiger partial charge in [0.1, 0.15) is 0 Å². The van der Waals surface area contributed by atoms with Crippen molar-refractivity contribution in [2.75, 3.05) is 5.32 Å². The van der Waals surface area contributed by atoms with Crippen LogP contribution >= 0.6 is 0 Å². The molecular weight excluding hydrogens is 332 g/mol. The van der Waals surface area contributed by atoms with Crippen molar-refractivity contribution in [3.05, 3.63) is 29.8 Å². The Labute approximate surface area is 155 Å². The number of hydrogen-bond donors (Lipinski definition) is 3. The molecule has 0 saturated carbocycles. The Hall–Kier alpha value is -2.37. The summed E-state index contributed by atoms with van der Waals surface area (Å²) in [5.41, 5.74) is 1.63. The summed E-state index contributed by atoms with van der Waals surface area (Å²) in [6.07, 6.45) is 8.77. The number of unbranched alkanes of at least 4 members (excludes halogenated alkanes) is 6. The molecule has 0 bridgehead atoms. The van der Waals surface area contributed by atoms with Crippen molar-refractivity contribution in [2.45, 2.75) is 71.1 Å². The lowest BCUT2D eigenvalue weighted by atomic mass is 10.1. The van der Waals surface area contributed by atoms with Crippen LogP contribution in [0.15, 0.2) is 29.4 Å². The summed E-state index contributed by atoms with van der Waals surface area (Å²) in [6, 6.07) is 6.87. The molecule has 6 nitrogen and oxygen atoms in total. The van der Waals surface area contributed by atoms with Gasteiger partial charge >= 0.3 is 5.97 Å². The van der Waals surface area contributed by atoms with E-state index in [1.807, 2.05) is 0 Å². The number of benzene rings is 1. The number of nitrogens with zero attached hydrogens (tertiary/aromatic N) is 1. The molecule has 0 aliphatic carbocycles. The normalized spacial score (nSPS) is 11.3. The molecular formula is C20H30N2O4.